The summed E-state index contributed by atoms with van der Waals surface area (Å²) in [5.41, 5.74) is 1.64. The van der Waals surface area contributed by atoms with E-state index in [1.807, 2.05) is 13.0 Å². The number of rotatable bonds is 1. The molecule has 1 heterocycles. The molecule has 0 aliphatic heterocycles. The van der Waals surface area contributed by atoms with E-state index in [1.54, 1.807) is 18.2 Å². The van der Waals surface area contributed by atoms with E-state index in [9.17, 15) is 13.2 Å². The third-order valence-electron chi connectivity index (χ3n) is 2.59. The third-order valence-corrected chi connectivity index (χ3v) is 2.59. The molecule has 96 valence electrons. The minimum Gasteiger partial charge on any atom is -0.251 e. The van der Waals surface area contributed by atoms with Gasteiger partial charge in [-0.1, -0.05) is 12.1 Å². The van der Waals surface area contributed by atoms with Crippen LogP contribution in [0.1, 0.15) is 16.8 Å². The van der Waals surface area contributed by atoms with Gasteiger partial charge in [-0.2, -0.15) is 18.4 Å². The summed E-state index contributed by atoms with van der Waals surface area (Å²) in [5, 5.41) is 8.87. The molecule has 0 spiro atoms. The fraction of sp³-hybridized carbons (Fsp3) is 0.143. The molecule has 2 aromatic rings. The molecule has 0 aliphatic rings. The Morgan fingerprint density at radius 2 is 1.84 bits per heavy atom. The van der Waals surface area contributed by atoms with E-state index >= 15 is 0 Å². The molecule has 5 heteroatoms. The number of aryl methyl sites for hydroxylation is 1. The van der Waals surface area contributed by atoms with Crippen molar-refractivity contribution in [2.45, 2.75) is 13.1 Å². The van der Waals surface area contributed by atoms with Gasteiger partial charge in [0.1, 0.15) is 5.69 Å². The summed E-state index contributed by atoms with van der Waals surface area (Å²) in [5.74, 6) is 0. The molecule has 0 amide bonds. The number of nitrogens with zero attached hydrogens (tertiary/aromatic N) is 2. The molecule has 0 bridgehead atoms. The number of hydrogen-bond donors (Lipinski definition) is 0. The summed E-state index contributed by atoms with van der Waals surface area (Å²) < 4.78 is 37.2. The minimum atomic E-state index is -4.44. The lowest BCUT2D eigenvalue weighted by Gasteiger charge is -2.07. The van der Waals surface area contributed by atoms with Crippen molar-refractivity contribution in [2.24, 2.45) is 0 Å². The van der Waals surface area contributed by atoms with Crippen molar-refractivity contribution in [1.82, 2.24) is 4.98 Å². The first-order valence-corrected chi connectivity index (χ1v) is 5.45. The minimum absolute atomic E-state index is 0.467. The summed E-state index contributed by atoms with van der Waals surface area (Å²) in [6.07, 6.45) is -3.28. The lowest BCUT2D eigenvalue weighted by Crippen LogP contribution is -2.07. The first-order valence-electron chi connectivity index (χ1n) is 5.45. The molecule has 2 rings (SSSR count). The highest BCUT2D eigenvalue weighted by molar-refractivity contribution is 5.65. The standard InChI is InChI=1S/C14H9F3N2/c1-9-4-10(7-18)6-12(5-9)11-2-3-13(19-8-11)14(15,16)17/h2-6,8H,1H3. The van der Waals surface area contributed by atoms with Crippen molar-refractivity contribution in [3.63, 3.8) is 0 Å². The van der Waals surface area contributed by atoms with Crippen LogP contribution in [-0.2, 0) is 6.18 Å². The number of alkyl halides is 3. The molecule has 0 fully saturated rings. The smallest absolute Gasteiger partial charge is 0.251 e. The largest absolute Gasteiger partial charge is 0.433 e. The van der Waals surface area contributed by atoms with Crippen molar-refractivity contribution < 1.29 is 13.2 Å². The van der Waals surface area contributed by atoms with Crippen LogP contribution >= 0.6 is 0 Å². The Balaban J connectivity index is 2.43. The van der Waals surface area contributed by atoms with Gasteiger partial charge in [-0.25, -0.2) is 0 Å². The van der Waals surface area contributed by atoms with Gasteiger partial charge < -0.3 is 0 Å². The quantitative estimate of drug-likeness (QED) is 0.780. The Morgan fingerprint density at radius 1 is 1.11 bits per heavy atom. The van der Waals surface area contributed by atoms with Crippen molar-refractivity contribution in [2.75, 3.05) is 0 Å². The zero-order valence-electron chi connectivity index (χ0n) is 9.99. The number of nitriles is 1. The van der Waals surface area contributed by atoms with Gasteiger partial charge in [-0.3, -0.25) is 4.98 Å². The molecular formula is C14H9F3N2. The normalized spacial score (nSPS) is 11.1. The molecular weight excluding hydrogens is 253 g/mol. The predicted molar refractivity (Wildman–Crippen MR) is 64.1 cm³/mol. The molecule has 0 radical (unpaired) electrons. The Labute approximate surface area is 108 Å². The van der Waals surface area contributed by atoms with Crippen LogP contribution in [0, 0.1) is 18.3 Å². The van der Waals surface area contributed by atoms with E-state index in [-0.39, 0.29) is 0 Å². The average molecular weight is 262 g/mol. The monoisotopic (exact) mass is 262 g/mol. The second-order valence-corrected chi connectivity index (χ2v) is 4.13. The zero-order chi connectivity index (χ0) is 14.0. The van der Waals surface area contributed by atoms with Gasteiger partial charge in [0.05, 0.1) is 11.6 Å². The molecule has 0 N–H and O–H groups in total. The van der Waals surface area contributed by atoms with E-state index in [0.29, 0.717) is 16.7 Å². The SMILES string of the molecule is Cc1cc(C#N)cc(-c2ccc(C(F)(F)F)nc2)c1. The maximum atomic E-state index is 12.4. The number of aromatic nitrogens is 1. The molecule has 1 aromatic heterocycles. The molecule has 0 aliphatic carbocycles. The molecule has 19 heavy (non-hydrogen) atoms. The lowest BCUT2D eigenvalue weighted by atomic mass is 10.0. The van der Waals surface area contributed by atoms with Gasteiger partial charge in [0.25, 0.3) is 0 Å². The van der Waals surface area contributed by atoms with E-state index in [1.165, 1.54) is 12.3 Å². The summed E-state index contributed by atoms with van der Waals surface area (Å²) in [6.45, 7) is 1.82. The fourth-order valence-electron chi connectivity index (χ4n) is 1.75. The molecule has 1 aromatic carbocycles. The predicted octanol–water partition coefficient (Wildman–Crippen LogP) is 3.95. The number of halogens is 3. The van der Waals surface area contributed by atoms with Crippen LogP contribution in [0.2, 0.25) is 0 Å². The second-order valence-electron chi connectivity index (χ2n) is 4.13. The average Bonchev–Trinajstić information content (AvgIpc) is 2.37. The summed E-state index contributed by atoms with van der Waals surface area (Å²) >= 11 is 0. The molecule has 0 saturated carbocycles. The van der Waals surface area contributed by atoms with Crippen LogP contribution in [-0.4, -0.2) is 4.98 Å². The van der Waals surface area contributed by atoms with Gasteiger partial charge in [0.15, 0.2) is 0 Å². The first-order chi connectivity index (χ1) is 8.90. The van der Waals surface area contributed by atoms with Crippen LogP contribution in [0.15, 0.2) is 36.5 Å². The molecule has 2 nitrogen and oxygen atoms in total. The van der Waals surface area contributed by atoms with Gasteiger partial charge in [-0.05, 0) is 36.2 Å². The van der Waals surface area contributed by atoms with E-state index in [4.69, 9.17) is 5.26 Å². The lowest BCUT2D eigenvalue weighted by molar-refractivity contribution is -0.141. The van der Waals surface area contributed by atoms with Crippen molar-refractivity contribution >= 4 is 0 Å². The fourth-order valence-corrected chi connectivity index (χ4v) is 1.75. The molecule has 0 saturated heterocycles. The highest BCUT2D eigenvalue weighted by Gasteiger charge is 2.32. The van der Waals surface area contributed by atoms with Crippen LogP contribution in [0.4, 0.5) is 13.2 Å². The van der Waals surface area contributed by atoms with E-state index < -0.39 is 11.9 Å². The Morgan fingerprint density at radius 3 is 2.37 bits per heavy atom. The van der Waals surface area contributed by atoms with Crippen LogP contribution < -0.4 is 0 Å². The Bertz CT molecular complexity index is 637. The van der Waals surface area contributed by atoms with Crippen LogP contribution in [0.5, 0.6) is 0 Å². The van der Waals surface area contributed by atoms with Crippen LogP contribution in [0.3, 0.4) is 0 Å². The van der Waals surface area contributed by atoms with Crippen molar-refractivity contribution in [1.29, 1.82) is 5.26 Å². The van der Waals surface area contributed by atoms with Gasteiger partial charge in [0.2, 0.25) is 0 Å². The number of hydrogen-bond acceptors (Lipinski definition) is 2. The topological polar surface area (TPSA) is 36.7 Å². The second kappa shape index (κ2) is 4.73. The maximum Gasteiger partial charge on any atom is 0.433 e. The maximum absolute atomic E-state index is 12.4. The Kier molecular flexibility index (Phi) is 3.26. The highest BCUT2D eigenvalue weighted by Crippen LogP contribution is 2.29. The van der Waals surface area contributed by atoms with Gasteiger partial charge in [0, 0.05) is 11.8 Å². The Hall–Kier alpha value is -2.35. The van der Waals surface area contributed by atoms with E-state index in [2.05, 4.69) is 4.98 Å². The van der Waals surface area contributed by atoms with Crippen molar-refractivity contribution in [3.05, 3.63) is 53.3 Å². The zero-order valence-corrected chi connectivity index (χ0v) is 9.99. The summed E-state index contributed by atoms with van der Waals surface area (Å²) in [7, 11) is 0. The molecule has 0 atom stereocenters. The van der Waals surface area contributed by atoms with Crippen LogP contribution in [0.25, 0.3) is 11.1 Å². The molecule has 0 unspecified atom stereocenters. The highest BCUT2D eigenvalue weighted by atomic mass is 19.4. The van der Waals surface area contributed by atoms with Gasteiger partial charge >= 0.3 is 6.18 Å². The number of benzene rings is 1. The first kappa shape index (κ1) is 13.1. The van der Waals surface area contributed by atoms with Gasteiger partial charge in [-0.15, -0.1) is 0 Å². The van der Waals surface area contributed by atoms with E-state index in [0.717, 1.165) is 11.6 Å². The third kappa shape index (κ3) is 2.91. The summed E-state index contributed by atoms with van der Waals surface area (Å²) in [6, 6.07) is 9.43. The summed E-state index contributed by atoms with van der Waals surface area (Å²) in [4.78, 5) is 3.40. The van der Waals surface area contributed by atoms with Crippen molar-refractivity contribution in [3.8, 4) is 17.2 Å². The number of pyridine rings is 1.